The van der Waals surface area contributed by atoms with E-state index < -0.39 is 0 Å². The largest absolute Gasteiger partial charge is 0.324 e. The van der Waals surface area contributed by atoms with Crippen LogP contribution in [0.4, 0.5) is 4.39 Å². The second-order valence-electron chi connectivity index (χ2n) is 4.79. The van der Waals surface area contributed by atoms with Crippen molar-refractivity contribution in [3.63, 3.8) is 0 Å². The first-order valence-electron chi connectivity index (χ1n) is 6.34. The van der Waals surface area contributed by atoms with Crippen LogP contribution >= 0.6 is 0 Å². The lowest BCUT2D eigenvalue weighted by Gasteiger charge is -2.09. The van der Waals surface area contributed by atoms with E-state index in [4.69, 9.17) is 5.73 Å². The smallest absolute Gasteiger partial charge is 0.123 e. The molecule has 0 bridgehead atoms. The lowest BCUT2D eigenvalue weighted by molar-refractivity contribution is 0.611. The van der Waals surface area contributed by atoms with E-state index in [-0.39, 0.29) is 11.9 Å². The van der Waals surface area contributed by atoms with Crippen molar-refractivity contribution >= 4 is 0 Å². The maximum Gasteiger partial charge on any atom is 0.123 e. The van der Waals surface area contributed by atoms with Crippen molar-refractivity contribution in [1.29, 1.82) is 0 Å². The number of rotatable bonds is 1. The zero-order chi connectivity index (χ0) is 12.5. The van der Waals surface area contributed by atoms with Gasteiger partial charge in [-0.15, -0.1) is 0 Å². The van der Waals surface area contributed by atoms with Crippen LogP contribution in [-0.4, -0.2) is 9.78 Å². The summed E-state index contributed by atoms with van der Waals surface area (Å²) >= 11 is 0. The Morgan fingerprint density at radius 1 is 1.22 bits per heavy atom. The van der Waals surface area contributed by atoms with Crippen molar-refractivity contribution in [3.8, 4) is 5.69 Å². The van der Waals surface area contributed by atoms with Gasteiger partial charge in [-0.2, -0.15) is 5.10 Å². The van der Waals surface area contributed by atoms with E-state index in [2.05, 4.69) is 5.10 Å². The maximum absolute atomic E-state index is 12.9. The number of nitrogens with two attached hydrogens (primary N) is 1. The number of fused-ring (bicyclic) bond motifs is 1. The molecule has 18 heavy (non-hydrogen) atoms. The van der Waals surface area contributed by atoms with Crippen molar-refractivity contribution in [2.45, 2.75) is 31.7 Å². The second-order valence-corrected chi connectivity index (χ2v) is 4.79. The van der Waals surface area contributed by atoms with Crippen molar-refractivity contribution in [2.75, 3.05) is 0 Å². The molecule has 94 valence electrons. The van der Waals surface area contributed by atoms with Gasteiger partial charge in [0.1, 0.15) is 5.82 Å². The predicted molar refractivity (Wildman–Crippen MR) is 68.0 cm³/mol. The van der Waals surface area contributed by atoms with E-state index in [1.54, 1.807) is 12.1 Å². The molecule has 0 saturated heterocycles. The summed E-state index contributed by atoms with van der Waals surface area (Å²) in [6.07, 6.45) is 6.14. The number of aromatic nitrogens is 2. The quantitative estimate of drug-likeness (QED) is 0.785. The van der Waals surface area contributed by atoms with Gasteiger partial charge in [-0.1, -0.05) is 6.42 Å². The molecule has 1 atom stereocenters. The molecule has 3 rings (SSSR count). The van der Waals surface area contributed by atoms with Crippen LogP contribution in [0, 0.1) is 5.82 Å². The molecule has 0 fully saturated rings. The number of hydrogen-bond donors (Lipinski definition) is 1. The molecule has 2 N–H and O–H groups in total. The van der Waals surface area contributed by atoms with E-state index >= 15 is 0 Å². The summed E-state index contributed by atoms with van der Waals surface area (Å²) in [7, 11) is 0. The number of hydrogen-bond acceptors (Lipinski definition) is 2. The molecule has 0 amide bonds. The van der Waals surface area contributed by atoms with Gasteiger partial charge in [0.25, 0.3) is 0 Å². The fourth-order valence-electron chi connectivity index (χ4n) is 2.56. The third kappa shape index (κ3) is 1.93. The zero-order valence-corrected chi connectivity index (χ0v) is 10.1. The minimum atomic E-state index is -0.228. The minimum absolute atomic E-state index is 0.0803. The summed E-state index contributed by atoms with van der Waals surface area (Å²) in [6, 6.07) is 6.50. The van der Waals surface area contributed by atoms with E-state index in [1.165, 1.54) is 17.8 Å². The molecule has 1 aromatic heterocycles. The first-order chi connectivity index (χ1) is 8.75. The first-order valence-corrected chi connectivity index (χ1v) is 6.34. The van der Waals surface area contributed by atoms with Crippen molar-refractivity contribution in [2.24, 2.45) is 5.73 Å². The minimum Gasteiger partial charge on any atom is -0.324 e. The van der Waals surface area contributed by atoms with Crippen LogP contribution in [0.15, 0.2) is 30.5 Å². The highest BCUT2D eigenvalue weighted by atomic mass is 19.1. The van der Waals surface area contributed by atoms with Crippen molar-refractivity contribution in [3.05, 3.63) is 47.5 Å². The molecule has 1 aromatic carbocycles. The van der Waals surface area contributed by atoms with Crippen LogP contribution in [0.1, 0.15) is 36.6 Å². The third-order valence-electron chi connectivity index (χ3n) is 3.55. The van der Waals surface area contributed by atoms with Gasteiger partial charge in [-0.25, -0.2) is 9.07 Å². The maximum atomic E-state index is 12.9. The zero-order valence-electron chi connectivity index (χ0n) is 10.1. The molecule has 1 unspecified atom stereocenters. The summed E-state index contributed by atoms with van der Waals surface area (Å²) in [5.74, 6) is -0.228. The number of benzene rings is 1. The molecule has 0 saturated carbocycles. The van der Waals surface area contributed by atoms with E-state index in [9.17, 15) is 4.39 Å². The van der Waals surface area contributed by atoms with Gasteiger partial charge in [0.05, 0.1) is 11.9 Å². The van der Waals surface area contributed by atoms with Gasteiger partial charge in [-0.3, -0.25) is 0 Å². The molecule has 0 aliphatic heterocycles. The standard InChI is InChI=1S/C14H16FN3/c15-10-5-7-11(8-6-10)18-14-4-2-1-3-13(16)12(14)9-17-18/h5-9,13H,1-4,16H2. The second kappa shape index (κ2) is 4.53. The highest BCUT2D eigenvalue weighted by molar-refractivity contribution is 5.36. The SMILES string of the molecule is NC1CCCCc2c1cnn2-c1ccc(F)cc1. The van der Waals surface area contributed by atoms with E-state index in [1.807, 2.05) is 10.9 Å². The summed E-state index contributed by atoms with van der Waals surface area (Å²) in [5, 5.41) is 4.40. The molecule has 1 aliphatic rings. The summed E-state index contributed by atoms with van der Waals surface area (Å²) in [4.78, 5) is 0. The Bertz CT molecular complexity index is 545. The van der Waals surface area contributed by atoms with Gasteiger partial charge < -0.3 is 5.73 Å². The van der Waals surface area contributed by atoms with Crippen LogP contribution in [0.5, 0.6) is 0 Å². The average Bonchev–Trinajstić information content (AvgIpc) is 2.71. The Morgan fingerprint density at radius 2 is 2.00 bits per heavy atom. The molecular weight excluding hydrogens is 229 g/mol. The van der Waals surface area contributed by atoms with E-state index in [0.29, 0.717) is 0 Å². The molecular formula is C14H16FN3. The normalized spacial score (nSPS) is 19.3. The fraction of sp³-hybridized carbons (Fsp3) is 0.357. The molecule has 2 aromatic rings. The van der Waals surface area contributed by atoms with Gasteiger partial charge in [0.2, 0.25) is 0 Å². The van der Waals surface area contributed by atoms with Crippen molar-refractivity contribution < 1.29 is 4.39 Å². The van der Waals surface area contributed by atoms with E-state index in [0.717, 1.165) is 36.9 Å². The monoisotopic (exact) mass is 245 g/mol. The van der Waals surface area contributed by atoms with Crippen LogP contribution in [-0.2, 0) is 6.42 Å². The van der Waals surface area contributed by atoms with Gasteiger partial charge >= 0.3 is 0 Å². The Kier molecular flexibility index (Phi) is 2.88. The average molecular weight is 245 g/mol. The lowest BCUT2D eigenvalue weighted by Crippen LogP contribution is -2.10. The Hall–Kier alpha value is -1.68. The molecule has 1 aliphatic carbocycles. The molecule has 1 heterocycles. The van der Waals surface area contributed by atoms with Gasteiger partial charge in [0, 0.05) is 17.3 Å². The number of nitrogens with zero attached hydrogens (tertiary/aromatic N) is 2. The molecule has 3 nitrogen and oxygen atoms in total. The highest BCUT2D eigenvalue weighted by Gasteiger charge is 2.20. The van der Waals surface area contributed by atoms with Gasteiger partial charge in [-0.05, 0) is 43.5 Å². The van der Waals surface area contributed by atoms with Crippen LogP contribution in [0.25, 0.3) is 5.69 Å². The third-order valence-corrected chi connectivity index (χ3v) is 3.55. The Labute approximate surface area is 105 Å². The molecule has 0 radical (unpaired) electrons. The predicted octanol–water partition coefficient (Wildman–Crippen LogP) is 2.74. The van der Waals surface area contributed by atoms with Crippen LogP contribution < -0.4 is 5.73 Å². The highest BCUT2D eigenvalue weighted by Crippen LogP contribution is 2.28. The van der Waals surface area contributed by atoms with Gasteiger partial charge in [0.15, 0.2) is 0 Å². The molecule has 4 heteroatoms. The Morgan fingerprint density at radius 3 is 2.78 bits per heavy atom. The summed E-state index contributed by atoms with van der Waals surface area (Å²) < 4.78 is 14.8. The lowest BCUT2D eigenvalue weighted by atomic mass is 10.1. The Balaban J connectivity index is 2.06. The summed E-state index contributed by atoms with van der Waals surface area (Å²) in [5.41, 5.74) is 9.35. The topological polar surface area (TPSA) is 43.8 Å². The molecule has 0 spiro atoms. The van der Waals surface area contributed by atoms with Crippen LogP contribution in [0.3, 0.4) is 0 Å². The number of halogens is 1. The van der Waals surface area contributed by atoms with Crippen molar-refractivity contribution in [1.82, 2.24) is 9.78 Å². The first kappa shape index (κ1) is 11.4. The summed E-state index contributed by atoms with van der Waals surface area (Å²) in [6.45, 7) is 0. The van der Waals surface area contributed by atoms with Crippen LogP contribution in [0.2, 0.25) is 0 Å². The fourth-order valence-corrected chi connectivity index (χ4v) is 2.56.